The van der Waals surface area contributed by atoms with Gasteiger partial charge in [-0.05, 0) is 37.1 Å². The van der Waals surface area contributed by atoms with E-state index in [0.29, 0.717) is 5.02 Å². The maximum Gasteiger partial charge on any atom is 0.325 e. The Kier molecular flexibility index (Phi) is 3.86. The number of benzene rings is 2. The molecule has 1 atom stereocenters. The molecule has 1 unspecified atom stereocenters. The number of halogens is 1. The molecule has 0 saturated carbocycles. The average Bonchev–Trinajstić information content (AvgIpc) is 2.74. The van der Waals surface area contributed by atoms with Gasteiger partial charge in [-0.25, -0.2) is 4.79 Å². The number of carbonyl (C=O) groups excluding carboxylic acids is 2. The molecule has 0 bridgehead atoms. The monoisotopic (exact) mass is 328 g/mol. The highest BCUT2D eigenvalue weighted by atomic mass is 35.5. The Morgan fingerprint density at radius 2 is 1.65 bits per heavy atom. The first-order valence-electron chi connectivity index (χ1n) is 7.36. The van der Waals surface area contributed by atoms with E-state index in [1.807, 2.05) is 43.3 Å². The van der Waals surface area contributed by atoms with Crippen molar-refractivity contribution in [1.82, 2.24) is 10.2 Å². The van der Waals surface area contributed by atoms with Crippen molar-refractivity contribution >= 4 is 23.5 Å². The summed E-state index contributed by atoms with van der Waals surface area (Å²) in [5.41, 5.74) is 1.70. The number of hydrogen-bond donors (Lipinski definition) is 1. The van der Waals surface area contributed by atoms with Crippen molar-refractivity contribution in [2.45, 2.75) is 25.9 Å². The first-order valence-corrected chi connectivity index (χ1v) is 7.73. The van der Waals surface area contributed by atoms with Crippen LogP contribution in [-0.2, 0) is 16.9 Å². The molecule has 0 aromatic heterocycles. The van der Waals surface area contributed by atoms with Gasteiger partial charge < -0.3 is 5.32 Å². The smallest absolute Gasteiger partial charge is 0.319 e. The molecule has 1 aliphatic heterocycles. The summed E-state index contributed by atoms with van der Waals surface area (Å²) >= 11 is 5.86. The second-order valence-electron chi connectivity index (χ2n) is 5.94. The quantitative estimate of drug-likeness (QED) is 0.875. The number of amides is 3. The van der Waals surface area contributed by atoms with Crippen LogP contribution in [0.1, 0.15) is 23.6 Å². The molecule has 1 saturated heterocycles. The summed E-state index contributed by atoms with van der Waals surface area (Å²) in [5.74, 6) is -0.249. The van der Waals surface area contributed by atoms with Gasteiger partial charge in [0.15, 0.2) is 0 Å². The van der Waals surface area contributed by atoms with Gasteiger partial charge in [0, 0.05) is 5.02 Å². The largest absolute Gasteiger partial charge is 0.325 e. The zero-order valence-electron chi connectivity index (χ0n) is 13.0. The van der Waals surface area contributed by atoms with Crippen LogP contribution in [0.4, 0.5) is 4.79 Å². The number of carbonyl (C=O) groups is 2. The van der Waals surface area contributed by atoms with Crippen LogP contribution >= 0.6 is 11.6 Å². The minimum atomic E-state index is -1.03. The fourth-order valence-electron chi connectivity index (χ4n) is 2.70. The third-order valence-corrected chi connectivity index (χ3v) is 4.41. The predicted octanol–water partition coefficient (Wildman–Crippen LogP) is 3.62. The molecule has 4 nitrogen and oxygen atoms in total. The summed E-state index contributed by atoms with van der Waals surface area (Å²) in [7, 11) is 0. The molecule has 5 heteroatoms. The van der Waals surface area contributed by atoms with Crippen LogP contribution in [-0.4, -0.2) is 16.8 Å². The lowest BCUT2D eigenvalue weighted by Gasteiger charge is -2.22. The molecular formula is C18H17ClN2O2. The first kappa shape index (κ1) is 15.6. The van der Waals surface area contributed by atoms with E-state index in [1.165, 1.54) is 4.90 Å². The fraction of sp³-hybridized carbons (Fsp3) is 0.222. The lowest BCUT2D eigenvalue weighted by atomic mass is 9.91. The van der Waals surface area contributed by atoms with E-state index in [4.69, 9.17) is 11.6 Å². The summed E-state index contributed by atoms with van der Waals surface area (Å²) in [6, 6.07) is 14.3. The molecule has 0 radical (unpaired) electrons. The Morgan fingerprint density at radius 1 is 1.04 bits per heavy atom. The summed E-state index contributed by atoms with van der Waals surface area (Å²) in [6.07, 6.45) is 0. The molecule has 3 amide bonds. The van der Waals surface area contributed by atoms with Gasteiger partial charge in [-0.2, -0.15) is 0 Å². The van der Waals surface area contributed by atoms with E-state index in [0.717, 1.165) is 16.7 Å². The van der Waals surface area contributed by atoms with Gasteiger partial charge in [-0.3, -0.25) is 9.69 Å². The highest BCUT2D eigenvalue weighted by molar-refractivity contribution is 6.30. The molecular weight excluding hydrogens is 312 g/mol. The van der Waals surface area contributed by atoms with Gasteiger partial charge in [0.2, 0.25) is 0 Å². The Hall–Kier alpha value is -2.33. The summed E-state index contributed by atoms with van der Waals surface area (Å²) in [4.78, 5) is 26.3. The molecule has 2 aromatic rings. The molecule has 2 aromatic carbocycles. The van der Waals surface area contributed by atoms with Crippen LogP contribution in [0.2, 0.25) is 5.02 Å². The van der Waals surface area contributed by atoms with Crippen LogP contribution < -0.4 is 5.32 Å². The Labute approximate surface area is 140 Å². The molecule has 1 fully saturated rings. The van der Waals surface area contributed by atoms with Crippen molar-refractivity contribution in [3.05, 3.63) is 70.2 Å². The average molecular weight is 329 g/mol. The molecule has 23 heavy (non-hydrogen) atoms. The minimum Gasteiger partial charge on any atom is -0.319 e. The molecule has 0 aliphatic carbocycles. The Morgan fingerprint density at radius 3 is 2.26 bits per heavy atom. The van der Waals surface area contributed by atoms with E-state index < -0.39 is 5.54 Å². The van der Waals surface area contributed by atoms with Crippen LogP contribution in [0.5, 0.6) is 0 Å². The third kappa shape index (κ3) is 2.82. The minimum absolute atomic E-state index is 0.225. The van der Waals surface area contributed by atoms with E-state index in [9.17, 15) is 9.59 Å². The highest BCUT2D eigenvalue weighted by Crippen LogP contribution is 2.30. The van der Waals surface area contributed by atoms with Crippen LogP contribution in [0.25, 0.3) is 0 Å². The maximum atomic E-state index is 12.8. The number of nitrogens with one attached hydrogen (secondary N) is 1. The molecule has 1 heterocycles. The van der Waals surface area contributed by atoms with Gasteiger partial charge in [0.05, 0.1) is 6.54 Å². The zero-order valence-corrected chi connectivity index (χ0v) is 13.7. The normalized spacial score (nSPS) is 20.7. The van der Waals surface area contributed by atoms with Gasteiger partial charge in [-0.15, -0.1) is 0 Å². The lowest BCUT2D eigenvalue weighted by Crippen LogP contribution is -2.40. The fourth-order valence-corrected chi connectivity index (χ4v) is 2.82. The van der Waals surface area contributed by atoms with Crippen molar-refractivity contribution in [1.29, 1.82) is 0 Å². The number of aryl methyl sites for hydroxylation is 1. The summed E-state index contributed by atoms with van der Waals surface area (Å²) in [5, 5.41) is 3.43. The second kappa shape index (κ2) is 5.70. The highest BCUT2D eigenvalue weighted by Gasteiger charge is 2.48. The van der Waals surface area contributed by atoms with Crippen molar-refractivity contribution in [3.63, 3.8) is 0 Å². The van der Waals surface area contributed by atoms with E-state index in [2.05, 4.69) is 5.32 Å². The van der Waals surface area contributed by atoms with Crippen molar-refractivity contribution in [3.8, 4) is 0 Å². The molecule has 1 N–H and O–H groups in total. The number of urea groups is 1. The molecule has 118 valence electrons. The standard InChI is InChI=1S/C18H17ClN2O2/c1-12-3-7-14(8-4-12)18(2)16(22)21(17(23)20-18)11-13-5-9-15(19)10-6-13/h3-10H,11H2,1-2H3,(H,20,23). The van der Waals surface area contributed by atoms with Crippen LogP contribution in [0, 0.1) is 6.92 Å². The number of hydrogen-bond acceptors (Lipinski definition) is 2. The SMILES string of the molecule is Cc1ccc(C2(C)NC(=O)N(Cc3ccc(Cl)cc3)C2=O)cc1. The number of rotatable bonds is 3. The summed E-state index contributed by atoms with van der Waals surface area (Å²) < 4.78 is 0. The predicted molar refractivity (Wildman–Crippen MR) is 89.1 cm³/mol. The lowest BCUT2D eigenvalue weighted by molar-refractivity contribution is -0.131. The first-order chi connectivity index (χ1) is 10.9. The van der Waals surface area contributed by atoms with E-state index in [-0.39, 0.29) is 18.5 Å². The number of nitrogens with zero attached hydrogens (tertiary/aromatic N) is 1. The van der Waals surface area contributed by atoms with Crippen molar-refractivity contribution < 1.29 is 9.59 Å². The third-order valence-electron chi connectivity index (χ3n) is 4.16. The molecule has 0 spiro atoms. The topological polar surface area (TPSA) is 49.4 Å². The van der Waals surface area contributed by atoms with E-state index in [1.54, 1.807) is 19.1 Å². The van der Waals surface area contributed by atoms with Gasteiger partial charge in [0.1, 0.15) is 5.54 Å². The van der Waals surface area contributed by atoms with Crippen LogP contribution in [0.3, 0.4) is 0 Å². The Bertz CT molecular complexity index is 756. The zero-order chi connectivity index (χ0) is 16.6. The van der Waals surface area contributed by atoms with Gasteiger partial charge in [-0.1, -0.05) is 53.6 Å². The van der Waals surface area contributed by atoms with Gasteiger partial charge in [0.25, 0.3) is 5.91 Å². The summed E-state index contributed by atoms with van der Waals surface area (Å²) in [6.45, 7) is 3.94. The van der Waals surface area contributed by atoms with E-state index >= 15 is 0 Å². The maximum absolute atomic E-state index is 12.8. The van der Waals surface area contributed by atoms with Crippen LogP contribution in [0.15, 0.2) is 48.5 Å². The van der Waals surface area contributed by atoms with Gasteiger partial charge >= 0.3 is 6.03 Å². The van der Waals surface area contributed by atoms with Crippen molar-refractivity contribution in [2.75, 3.05) is 0 Å². The Balaban J connectivity index is 1.87. The molecule has 1 aliphatic rings. The number of imide groups is 1. The molecule has 3 rings (SSSR count). The second-order valence-corrected chi connectivity index (χ2v) is 6.38. The van der Waals surface area contributed by atoms with Crippen molar-refractivity contribution in [2.24, 2.45) is 0 Å².